The third-order valence-corrected chi connectivity index (χ3v) is 2.00. The molecule has 0 N–H and O–H groups in total. The lowest BCUT2D eigenvalue weighted by Crippen LogP contribution is -2.22. The molecule has 0 aliphatic carbocycles. The Hall–Kier alpha value is -1.30. The number of hydrogen-bond donors (Lipinski definition) is 0. The van der Waals surface area contributed by atoms with Crippen LogP contribution in [0.15, 0.2) is 24.3 Å². The van der Waals surface area contributed by atoms with Crippen LogP contribution >= 0.6 is 15.9 Å². The molecule has 3 nitrogen and oxygen atoms in total. The van der Waals surface area contributed by atoms with Crippen molar-refractivity contribution in [2.75, 3.05) is 0 Å². The highest BCUT2D eigenvalue weighted by Gasteiger charge is 2.37. The highest BCUT2D eigenvalue weighted by molar-refractivity contribution is 9.10. The van der Waals surface area contributed by atoms with Gasteiger partial charge in [0, 0.05) is 6.92 Å². The average molecular weight is 293 g/mol. The summed E-state index contributed by atoms with van der Waals surface area (Å²) in [5.41, 5.74) is -0.348. The molecule has 1 aromatic carbocycles. The van der Waals surface area contributed by atoms with Crippen molar-refractivity contribution in [2.24, 2.45) is 0 Å². The zero-order valence-corrected chi connectivity index (χ0v) is 9.75. The summed E-state index contributed by atoms with van der Waals surface area (Å²) in [6.07, 6.45) is 0. The van der Waals surface area contributed by atoms with E-state index in [2.05, 4.69) is 4.74 Å². The van der Waals surface area contributed by atoms with E-state index in [4.69, 9.17) is 0 Å². The first-order valence-corrected chi connectivity index (χ1v) is 5.00. The number of ketones is 1. The second-order valence-corrected chi connectivity index (χ2v) is 3.91. The highest BCUT2D eigenvalue weighted by atomic mass is 79.9. The first kappa shape index (κ1) is 12.8. The van der Waals surface area contributed by atoms with E-state index in [9.17, 15) is 18.4 Å². The molecule has 0 spiro atoms. The fourth-order valence-electron chi connectivity index (χ4n) is 1.05. The summed E-state index contributed by atoms with van der Waals surface area (Å²) in [5, 5.41) is 0. The second-order valence-electron chi connectivity index (χ2n) is 2.92. The van der Waals surface area contributed by atoms with Crippen LogP contribution in [-0.2, 0) is 4.79 Å². The van der Waals surface area contributed by atoms with Crippen molar-refractivity contribution in [2.45, 2.75) is 11.8 Å². The lowest BCUT2D eigenvalue weighted by molar-refractivity contribution is -0.131. The minimum atomic E-state index is -3.68. The van der Waals surface area contributed by atoms with Gasteiger partial charge in [0.1, 0.15) is 5.75 Å². The highest BCUT2D eigenvalue weighted by Crippen LogP contribution is 2.30. The third-order valence-electron chi connectivity index (χ3n) is 1.64. The maximum atomic E-state index is 12.7. The molecule has 0 aliphatic heterocycles. The number of benzene rings is 1. The van der Waals surface area contributed by atoms with E-state index in [1.165, 1.54) is 18.2 Å². The maximum Gasteiger partial charge on any atom is 0.363 e. The molecule has 0 fully saturated rings. The van der Waals surface area contributed by atoms with Gasteiger partial charge < -0.3 is 4.74 Å². The van der Waals surface area contributed by atoms with Gasteiger partial charge in [0.15, 0.2) is 0 Å². The molecule has 6 heteroatoms. The van der Waals surface area contributed by atoms with Crippen molar-refractivity contribution in [1.82, 2.24) is 0 Å². The van der Waals surface area contributed by atoms with Gasteiger partial charge in [-0.05, 0) is 28.1 Å². The molecule has 0 radical (unpaired) electrons. The molecule has 0 heterocycles. The van der Waals surface area contributed by atoms with Crippen molar-refractivity contribution in [3.05, 3.63) is 29.8 Å². The molecule has 0 atom stereocenters. The number of halogens is 3. The summed E-state index contributed by atoms with van der Waals surface area (Å²) in [7, 11) is 0. The third kappa shape index (κ3) is 3.10. The Balaban J connectivity index is 3.13. The normalized spacial score (nSPS) is 11.0. The molecule has 0 saturated carbocycles. The first-order chi connectivity index (χ1) is 7.32. The number of carbonyl (C=O) groups is 2. The second kappa shape index (κ2) is 4.69. The van der Waals surface area contributed by atoms with Gasteiger partial charge in [-0.2, -0.15) is 8.78 Å². The van der Waals surface area contributed by atoms with Crippen LogP contribution in [0.4, 0.5) is 8.78 Å². The fourth-order valence-corrected chi connectivity index (χ4v) is 1.26. The lowest BCUT2D eigenvalue weighted by Gasteiger charge is -2.10. The van der Waals surface area contributed by atoms with Gasteiger partial charge in [0.05, 0.1) is 5.56 Å². The Kier molecular flexibility index (Phi) is 3.74. The van der Waals surface area contributed by atoms with Crippen LogP contribution in [0.3, 0.4) is 0 Å². The molecule has 0 aliphatic rings. The fraction of sp³-hybridized carbons (Fsp3) is 0.200. The van der Waals surface area contributed by atoms with Gasteiger partial charge >= 0.3 is 10.8 Å². The summed E-state index contributed by atoms with van der Waals surface area (Å²) < 4.78 is 30.1. The number of hydrogen-bond acceptors (Lipinski definition) is 3. The van der Waals surface area contributed by atoms with Crippen LogP contribution in [0.1, 0.15) is 17.3 Å². The van der Waals surface area contributed by atoms with E-state index >= 15 is 0 Å². The molecular formula is C10H7BrF2O3. The minimum Gasteiger partial charge on any atom is -0.426 e. The van der Waals surface area contributed by atoms with Gasteiger partial charge in [0.2, 0.25) is 5.78 Å². The Bertz CT molecular complexity index is 426. The van der Waals surface area contributed by atoms with Crippen LogP contribution in [0.2, 0.25) is 0 Å². The van der Waals surface area contributed by atoms with E-state index < -0.39 is 16.6 Å². The Morgan fingerprint density at radius 2 is 1.88 bits per heavy atom. The number of rotatable bonds is 3. The smallest absolute Gasteiger partial charge is 0.363 e. The summed E-state index contributed by atoms with van der Waals surface area (Å²) in [6, 6.07) is 5.31. The van der Waals surface area contributed by atoms with Crippen molar-refractivity contribution in [3.8, 4) is 5.75 Å². The minimum absolute atomic E-state index is 0.181. The molecule has 86 valence electrons. The number of ether oxygens (including phenoxy) is 1. The van der Waals surface area contributed by atoms with Crippen LogP contribution in [-0.4, -0.2) is 16.6 Å². The number of Topliss-reactive ketones (excluding diaryl/α,β-unsaturated/α-hetero) is 1. The predicted octanol–water partition coefficient (Wildman–Crippen LogP) is 2.78. The summed E-state index contributed by atoms with van der Waals surface area (Å²) in [6.45, 7) is 1.12. The maximum absolute atomic E-state index is 12.7. The Morgan fingerprint density at radius 1 is 1.31 bits per heavy atom. The molecule has 16 heavy (non-hydrogen) atoms. The molecule has 1 rings (SSSR count). The van der Waals surface area contributed by atoms with E-state index in [1.54, 1.807) is 0 Å². The van der Waals surface area contributed by atoms with E-state index in [-0.39, 0.29) is 11.3 Å². The van der Waals surface area contributed by atoms with Crippen LogP contribution < -0.4 is 4.74 Å². The quantitative estimate of drug-likeness (QED) is 0.372. The van der Waals surface area contributed by atoms with Gasteiger partial charge in [-0.25, -0.2) is 0 Å². The number of carbonyl (C=O) groups excluding carboxylic acids is 2. The van der Waals surface area contributed by atoms with Gasteiger partial charge in [-0.15, -0.1) is 0 Å². The van der Waals surface area contributed by atoms with E-state index in [0.717, 1.165) is 13.0 Å². The summed E-state index contributed by atoms with van der Waals surface area (Å²) in [4.78, 5) is 18.3. The van der Waals surface area contributed by atoms with Gasteiger partial charge in [0.25, 0.3) is 0 Å². The molecular weight excluding hydrogens is 286 g/mol. The molecule has 0 bridgehead atoms. The largest absolute Gasteiger partial charge is 0.426 e. The Labute approximate surface area is 98.5 Å². The van der Waals surface area contributed by atoms with Crippen LogP contribution in [0.25, 0.3) is 0 Å². The van der Waals surface area contributed by atoms with Crippen LogP contribution in [0, 0.1) is 0 Å². The predicted molar refractivity (Wildman–Crippen MR) is 56.0 cm³/mol. The average Bonchev–Trinajstić information content (AvgIpc) is 2.15. The first-order valence-electron chi connectivity index (χ1n) is 4.21. The van der Waals surface area contributed by atoms with Gasteiger partial charge in [-0.1, -0.05) is 12.1 Å². The van der Waals surface area contributed by atoms with Gasteiger partial charge in [-0.3, -0.25) is 9.59 Å². The summed E-state index contributed by atoms with van der Waals surface area (Å²) >= 11 is 1.96. The Morgan fingerprint density at radius 3 is 2.38 bits per heavy atom. The van der Waals surface area contributed by atoms with E-state index in [1.807, 2.05) is 15.9 Å². The summed E-state index contributed by atoms with van der Waals surface area (Å²) in [5.74, 6) is -2.32. The number of esters is 1. The lowest BCUT2D eigenvalue weighted by atomic mass is 10.1. The van der Waals surface area contributed by atoms with Crippen molar-refractivity contribution < 1.29 is 23.1 Å². The van der Waals surface area contributed by atoms with Crippen molar-refractivity contribution in [3.63, 3.8) is 0 Å². The zero-order valence-electron chi connectivity index (χ0n) is 8.17. The molecule has 1 aromatic rings. The topological polar surface area (TPSA) is 43.4 Å². The number of alkyl halides is 3. The molecule has 0 saturated heterocycles. The SMILES string of the molecule is CC(=O)Oc1ccccc1C(=O)C(F)(F)Br. The van der Waals surface area contributed by atoms with Crippen molar-refractivity contribution >= 4 is 27.7 Å². The standard InChI is InChI=1S/C10H7BrF2O3/c1-6(14)16-8-5-3-2-4-7(8)9(15)10(11,12)13/h2-5H,1H3. The van der Waals surface area contributed by atoms with Crippen molar-refractivity contribution in [1.29, 1.82) is 0 Å². The molecule has 0 amide bonds. The zero-order chi connectivity index (χ0) is 12.3. The monoisotopic (exact) mass is 292 g/mol. The molecule has 0 unspecified atom stereocenters. The number of para-hydroxylation sites is 1. The molecule has 0 aromatic heterocycles. The van der Waals surface area contributed by atoms with Crippen LogP contribution in [0.5, 0.6) is 5.75 Å². The van der Waals surface area contributed by atoms with E-state index in [0.29, 0.717) is 0 Å².